The summed E-state index contributed by atoms with van der Waals surface area (Å²) in [6.07, 6.45) is 1.90. The Bertz CT molecular complexity index is 174. The number of hydrogen-bond acceptors (Lipinski definition) is 2. The molecule has 1 rings (SSSR count). The number of hydroxylamine groups is 1. The van der Waals surface area contributed by atoms with Crippen LogP contribution in [0.25, 0.3) is 0 Å². The molecule has 0 spiro atoms. The lowest BCUT2D eigenvalue weighted by Crippen LogP contribution is -2.09. The van der Waals surface area contributed by atoms with Crippen LogP contribution < -0.4 is 5.48 Å². The normalized spacial score (nSPS) is 9.70. The van der Waals surface area contributed by atoms with E-state index in [1.54, 1.807) is 0 Å². The Morgan fingerprint density at radius 1 is 1.30 bits per heavy atom. The van der Waals surface area contributed by atoms with Gasteiger partial charge in [0, 0.05) is 13.0 Å². The van der Waals surface area contributed by atoms with Gasteiger partial charge in [-0.25, -0.2) is 5.48 Å². The first-order chi connectivity index (χ1) is 4.93. The Hall–Kier alpha value is -0.860. The van der Waals surface area contributed by atoms with Crippen LogP contribution in [0, 0.1) is 6.42 Å². The van der Waals surface area contributed by atoms with Crippen molar-refractivity contribution in [1.29, 1.82) is 0 Å². The lowest BCUT2D eigenvalue weighted by molar-refractivity contribution is 0.177. The Kier molecular flexibility index (Phi) is 2.93. The average molecular weight is 136 g/mol. The molecule has 0 saturated heterocycles. The maximum Gasteiger partial charge on any atom is 0.0282 e. The van der Waals surface area contributed by atoms with E-state index in [0.717, 1.165) is 5.56 Å². The first-order valence-electron chi connectivity index (χ1n) is 3.18. The van der Waals surface area contributed by atoms with Crippen LogP contribution in [-0.4, -0.2) is 11.8 Å². The van der Waals surface area contributed by atoms with Gasteiger partial charge in [0.2, 0.25) is 0 Å². The van der Waals surface area contributed by atoms with Gasteiger partial charge < -0.3 is 5.21 Å². The highest BCUT2D eigenvalue weighted by molar-refractivity contribution is 5.22. The molecule has 0 bridgehead atoms. The van der Waals surface area contributed by atoms with Crippen molar-refractivity contribution in [3.63, 3.8) is 0 Å². The number of hydrogen-bond donors (Lipinski definition) is 2. The van der Waals surface area contributed by atoms with Crippen LogP contribution in [0.2, 0.25) is 0 Å². The molecule has 10 heavy (non-hydrogen) atoms. The summed E-state index contributed by atoms with van der Waals surface area (Å²) in [5, 5.41) is 8.25. The molecule has 0 aliphatic heterocycles. The first kappa shape index (κ1) is 7.25. The molecule has 0 aliphatic carbocycles. The van der Waals surface area contributed by atoms with Crippen LogP contribution in [0.4, 0.5) is 0 Å². The average Bonchev–Trinajstić information content (AvgIpc) is 2.03. The summed E-state index contributed by atoms with van der Waals surface area (Å²) < 4.78 is 0. The van der Waals surface area contributed by atoms with E-state index in [2.05, 4.69) is 5.48 Å². The van der Waals surface area contributed by atoms with E-state index in [0.29, 0.717) is 6.54 Å². The van der Waals surface area contributed by atoms with Crippen LogP contribution in [0.1, 0.15) is 5.56 Å². The standard InChI is InChI=1S/C8H10NO/c10-9-7-6-8-4-2-1-3-5-8/h1-6,9-10H,7H2. The molecular weight excluding hydrogens is 126 g/mol. The van der Waals surface area contributed by atoms with E-state index in [4.69, 9.17) is 5.21 Å². The SMILES string of the molecule is ONC[CH]c1ccccc1. The smallest absolute Gasteiger partial charge is 0.0282 e. The molecule has 0 heterocycles. The van der Waals surface area contributed by atoms with Crippen molar-refractivity contribution in [1.82, 2.24) is 5.48 Å². The number of rotatable bonds is 3. The molecule has 0 aromatic heterocycles. The highest BCUT2D eigenvalue weighted by Crippen LogP contribution is 1.99. The van der Waals surface area contributed by atoms with E-state index >= 15 is 0 Å². The Labute approximate surface area is 60.5 Å². The van der Waals surface area contributed by atoms with Crippen molar-refractivity contribution < 1.29 is 5.21 Å². The quantitative estimate of drug-likeness (QED) is 0.612. The van der Waals surface area contributed by atoms with Crippen LogP contribution in [0.3, 0.4) is 0 Å². The molecule has 1 radical (unpaired) electrons. The van der Waals surface area contributed by atoms with E-state index in [1.807, 2.05) is 36.8 Å². The fraction of sp³-hybridized carbons (Fsp3) is 0.125. The molecule has 2 nitrogen and oxygen atoms in total. The number of nitrogens with one attached hydrogen (secondary N) is 1. The van der Waals surface area contributed by atoms with Gasteiger partial charge >= 0.3 is 0 Å². The van der Waals surface area contributed by atoms with Gasteiger partial charge in [-0.05, 0) is 5.56 Å². The maximum atomic E-state index is 8.25. The van der Waals surface area contributed by atoms with E-state index in [1.165, 1.54) is 0 Å². The van der Waals surface area contributed by atoms with Crippen molar-refractivity contribution in [2.75, 3.05) is 6.54 Å². The topological polar surface area (TPSA) is 32.3 Å². The first-order valence-corrected chi connectivity index (χ1v) is 3.18. The van der Waals surface area contributed by atoms with E-state index in [-0.39, 0.29) is 0 Å². The van der Waals surface area contributed by atoms with Gasteiger partial charge in [-0.2, -0.15) is 0 Å². The molecule has 53 valence electrons. The van der Waals surface area contributed by atoms with Crippen molar-refractivity contribution in [2.24, 2.45) is 0 Å². The van der Waals surface area contributed by atoms with Gasteiger partial charge in [0.05, 0.1) is 0 Å². The predicted molar refractivity (Wildman–Crippen MR) is 39.6 cm³/mol. The van der Waals surface area contributed by atoms with Crippen LogP contribution in [0.5, 0.6) is 0 Å². The molecular formula is C8H10NO. The van der Waals surface area contributed by atoms with Crippen molar-refractivity contribution >= 4 is 0 Å². The summed E-state index contributed by atoms with van der Waals surface area (Å²) in [7, 11) is 0. The lowest BCUT2D eigenvalue weighted by atomic mass is 10.2. The molecule has 0 aliphatic rings. The summed E-state index contributed by atoms with van der Waals surface area (Å²) in [5.74, 6) is 0. The molecule has 1 aromatic carbocycles. The summed E-state index contributed by atoms with van der Waals surface area (Å²) in [6, 6.07) is 9.85. The Morgan fingerprint density at radius 2 is 2.00 bits per heavy atom. The third-order valence-electron chi connectivity index (χ3n) is 1.23. The second kappa shape index (κ2) is 4.04. The molecule has 0 fully saturated rings. The molecule has 0 saturated carbocycles. The van der Waals surface area contributed by atoms with Gasteiger partial charge in [-0.1, -0.05) is 30.3 Å². The van der Waals surface area contributed by atoms with Crippen molar-refractivity contribution in [3.8, 4) is 0 Å². The molecule has 1 aromatic rings. The summed E-state index contributed by atoms with van der Waals surface area (Å²) in [5.41, 5.74) is 3.18. The Balaban J connectivity index is 2.43. The van der Waals surface area contributed by atoms with Crippen molar-refractivity contribution in [3.05, 3.63) is 42.3 Å². The maximum absolute atomic E-state index is 8.25. The highest BCUT2D eigenvalue weighted by Gasteiger charge is 1.88. The van der Waals surface area contributed by atoms with Crippen LogP contribution >= 0.6 is 0 Å². The van der Waals surface area contributed by atoms with Crippen LogP contribution in [0.15, 0.2) is 30.3 Å². The lowest BCUT2D eigenvalue weighted by Gasteiger charge is -1.96. The van der Waals surface area contributed by atoms with Gasteiger partial charge in [-0.3, -0.25) is 0 Å². The largest absolute Gasteiger partial charge is 0.317 e. The molecule has 0 amide bonds. The van der Waals surface area contributed by atoms with Crippen molar-refractivity contribution in [2.45, 2.75) is 0 Å². The monoisotopic (exact) mass is 136 g/mol. The molecule has 2 heteroatoms. The minimum Gasteiger partial charge on any atom is -0.317 e. The molecule has 2 N–H and O–H groups in total. The fourth-order valence-electron chi connectivity index (χ4n) is 0.753. The van der Waals surface area contributed by atoms with Gasteiger partial charge in [0.15, 0.2) is 0 Å². The summed E-state index contributed by atoms with van der Waals surface area (Å²) in [4.78, 5) is 0. The zero-order valence-electron chi connectivity index (χ0n) is 5.62. The second-order valence-corrected chi connectivity index (χ2v) is 1.98. The Morgan fingerprint density at radius 3 is 2.60 bits per heavy atom. The summed E-state index contributed by atoms with van der Waals surface area (Å²) >= 11 is 0. The van der Waals surface area contributed by atoms with E-state index in [9.17, 15) is 0 Å². The number of benzene rings is 1. The minimum absolute atomic E-state index is 0.490. The highest BCUT2D eigenvalue weighted by atomic mass is 16.5. The van der Waals surface area contributed by atoms with Gasteiger partial charge in [0.25, 0.3) is 0 Å². The van der Waals surface area contributed by atoms with Gasteiger partial charge in [-0.15, -0.1) is 0 Å². The van der Waals surface area contributed by atoms with Gasteiger partial charge in [0.1, 0.15) is 0 Å². The predicted octanol–water partition coefficient (Wildman–Crippen LogP) is 1.22. The minimum atomic E-state index is 0.490. The third kappa shape index (κ3) is 2.17. The zero-order chi connectivity index (χ0) is 7.23. The molecule has 0 atom stereocenters. The fourth-order valence-corrected chi connectivity index (χ4v) is 0.753. The van der Waals surface area contributed by atoms with Crippen LogP contribution in [-0.2, 0) is 0 Å². The second-order valence-electron chi connectivity index (χ2n) is 1.98. The van der Waals surface area contributed by atoms with E-state index < -0.39 is 0 Å². The third-order valence-corrected chi connectivity index (χ3v) is 1.23. The zero-order valence-corrected chi connectivity index (χ0v) is 5.62. The summed E-state index contributed by atoms with van der Waals surface area (Å²) in [6.45, 7) is 0.490. The molecule has 0 unspecified atom stereocenters.